The van der Waals surface area contributed by atoms with Gasteiger partial charge in [-0.1, -0.05) is 0 Å². The van der Waals surface area contributed by atoms with Crippen molar-refractivity contribution in [3.63, 3.8) is 0 Å². The number of hydrogen-bond donors (Lipinski definition) is 1. The molecule has 2 heterocycles. The van der Waals surface area contributed by atoms with Crippen LogP contribution in [-0.2, 0) is 6.18 Å². The first-order valence-electron chi connectivity index (χ1n) is 5.95. The molecule has 0 bridgehead atoms. The summed E-state index contributed by atoms with van der Waals surface area (Å²) >= 11 is 0. The lowest BCUT2D eigenvalue weighted by Gasteiger charge is -2.15. The predicted molar refractivity (Wildman–Crippen MR) is 68.0 cm³/mol. The summed E-state index contributed by atoms with van der Waals surface area (Å²) in [5, 5.41) is 2.86. The van der Waals surface area contributed by atoms with E-state index < -0.39 is 11.9 Å². The molecule has 4 nitrogen and oxygen atoms in total. The minimum atomic E-state index is -4.48. The fraction of sp³-hybridized carbons (Fsp3) is 0.308. The van der Waals surface area contributed by atoms with Crippen LogP contribution < -0.4 is 5.32 Å². The second-order valence-corrected chi connectivity index (χ2v) is 4.36. The van der Waals surface area contributed by atoms with Gasteiger partial charge < -0.3 is 5.32 Å². The number of nitrogens with zero attached hydrogens (tertiary/aromatic N) is 3. The molecule has 1 atom stereocenters. The van der Waals surface area contributed by atoms with E-state index in [1.807, 2.05) is 6.92 Å². The average molecular weight is 282 g/mol. The van der Waals surface area contributed by atoms with Crippen LogP contribution >= 0.6 is 0 Å². The molecule has 0 radical (unpaired) electrons. The Morgan fingerprint density at radius 3 is 2.40 bits per heavy atom. The minimum absolute atomic E-state index is 0.0402. The Kier molecular flexibility index (Phi) is 3.87. The van der Waals surface area contributed by atoms with Gasteiger partial charge in [0.1, 0.15) is 5.69 Å². The molecule has 0 aliphatic heterocycles. The highest BCUT2D eigenvalue weighted by molar-refractivity contribution is 5.33. The molecule has 2 rings (SSSR count). The van der Waals surface area contributed by atoms with Gasteiger partial charge in [0.05, 0.1) is 6.04 Å². The van der Waals surface area contributed by atoms with E-state index in [9.17, 15) is 13.2 Å². The highest BCUT2D eigenvalue weighted by atomic mass is 19.4. The average Bonchev–Trinajstić information content (AvgIpc) is 2.38. The van der Waals surface area contributed by atoms with Crippen LogP contribution in [0.2, 0.25) is 0 Å². The number of aryl methyl sites for hydroxylation is 1. The van der Waals surface area contributed by atoms with Crippen molar-refractivity contribution in [3.05, 3.63) is 47.5 Å². The van der Waals surface area contributed by atoms with Crippen LogP contribution in [0.3, 0.4) is 0 Å². The summed E-state index contributed by atoms with van der Waals surface area (Å²) in [6.45, 7) is 3.31. The fourth-order valence-electron chi connectivity index (χ4n) is 1.71. The lowest BCUT2D eigenvalue weighted by atomic mass is 10.1. The lowest BCUT2D eigenvalue weighted by Crippen LogP contribution is -2.14. The molecule has 0 unspecified atom stereocenters. The van der Waals surface area contributed by atoms with Crippen LogP contribution in [0.4, 0.5) is 19.1 Å². The predicted octanol–water partition coefficient (Wildman–Crippen LogP) is 3.37. The SMILES string of the molecule is Cc1cc(C(F)(F)F)nc(N[C@@H](C)c2ccncc2)n1. The van der Waals surface area contributed by atoms with Crippen LogP contribution in [0.15, 0.2) is 30.6 Å². The molecule has 106 valence electrons. The van der Waals surface area contributed by atoms with Crippen LogP contribution in [-0.4, -0.2) is 15.0 Å². The third-order valence-electron chi connectivity index (χ3n) is 2.70. The van der Waals surface area contributed by atoms with Gasteiger partial charge in [0.15, 0.2) is 0 Å². The first kappa shape index (κ1) is 14.2. The number of rotatable bonds is 3. The molecular weight excluding hydrogens is 269 g/mol. The Morgan fingerprint density at radius 1 is 1.15 bits per heavy atom. The van der Waals surface area contributed by atoms with E-state index in [2.05, 4.69) is 20.3 Å². The lowest BCUT2D eigenvalue weighted by molar-refractivity contribution is -0.141. The zero-order valence-corrected chi connectivity index (χ0v) is 10.9. The van der Waals surface area contributed by atoms with E-state index in [1.54, 1.807) is 24.5 Å². The molecule has 0 aliphatic carbocycles. The summed E-state index contributed by atoms with van der Waals surface area (Å²) in [5.74, 6) is -0.0402. The Balaban J connectivity index is 2.24. The number of aromatic nitrogens is 3. The first-order chi connectivity index (χ1) is 9.36. The summed E-state index contributed by atoms with van der Waals surface area (Å²) < 4.78 is 38.0. The van der Waals surface area contributed by atoms with E-state index >= 15 is 0 Å². The Hall–Kier alpha value is -2.18. The van der Waals surface area contributed by atoms with Crippen LogP contribution in [0.5, 0.6) is 0 Å². The smallest absolute Gasteiger partial charge is 0.348 e. The largest absolute Gasteiger partial charge is 0.433 e. The standard InChI is InChI=1S/C13H13F3N4/c1-8-7-11(13(14,15)16)20-12(18-8)19-9(2)10-3-5-17-6-4-10/h3-7,9H,1-2H3,(H,18,19,20)/t9-/m0/s1. The van der Waals surface area contributed by atoms with Crippen molar-refractivity contribution >= 4 is 5.95 Å². The Labute approximate surface area is 114 Å². The summed E-state index contributed by atoms with van der Waals surface area (Å²) in [7, 11) is 0. The molecule has 7 heteroatoms. The number of nitrogens with one attached hydrogen (secondary N) is 1. The molecule has 0 aromatic carbocycles. The second-order valence-electron chi connectivity index (χ2n) is 4.36. The molecule has 20 heavy (non-hydrogen) atoms. The van der Waals surface area contributed by atoms with Gasteiger partial charge in [0.2, 0.25) is 5.95 Å². The molecule has 0 fully saturated rings. The number of halogens is 3. The molecule has 2 aromatic rings. The van der Waals surface area contributed by atoms with Crippen molar-refractivity contribution < 1.29 is 13.2 Å². The molecule has 0 aliphatic rings. The molecule has 2 aromatic heterocycles. The maximum Gasteiger partial charge on any atom is 0.433 e. The van der Waals surface area contributed by atoms with E-state index in [-0.39, 0.29) is 17.7 Å². The number of hydrogen-bond acceptors (Lipinski definition) is 4. The Bertz CT molecular complexity index is 584. The third kappa shape index (κ3) is 3.43. The number of anilines is 1. The molecule has 0 saturated heterocycles. The fourth-order valence-corrected chi connectivity index (χ4v) is 1.71. The Morgan fingerprint density at radius 2 is 1.80 bits per heavy atom. The van der Waals surface area contributed by atoms with E-state index in [1.165, 1.54) is 6.92 Å². The maximum atomic E-state index is 12.7. The van der Waals surface area contributed by atoms with Crippen LogP contribution in [0.1, 0.15) is 29.9 Å². The van der Waals surface area contributed by atoms with Crippen molar-refractivity contribution in [2.75, 3.05) is 5.32 Å². The van der Waals surface area contributed by atoms with Crippen molar-refractivity contribution in [3.8, 4) is 0 Å². The second kappa shape index (κ2) is 5.44. The summed E-state index contributed by atoms with van der Waals surface area (Å²) in [6.07, 6.45) is -1.25. The monoisotopic (exact) mass is 282 g/mol. The normalized spacial score (nSPS) is 13.1. The summed E-state index contributed by atoms with van der Waals surface area (Å²) in [4.78, 5) is 11.4. The van der Waals surface area contributed by atoms with Gasteiger partial charge in [0.25, 0.3) is 0 Å². The van der Waals surface area contributed by atoms with E-state index in [0.717, 1.165) is 11.6 Å². The van der Waals surface area contributed by atoms with Gasteiger partial charge >= 0.3 is 6.18 Å². The highest BCUT2D eigenvalue weighted by Crippen LogP contribution is 2.29. The van der Waals surface area contributed by atoms with E-state index in [0.29, 0.717) is 0 Å². The van der Waals surface area contributed by atoms with Crippen LogP contribution in [0.25, 0.3) is 0 Å². The highest BCUT2D eigenvalue weighted by Gasteiger charge is 2.33. The summed E-state index contributed by atoms with van der Waals surface area (Å²) in [5.41, 5.74) is 0.199. The molecule has 0 amide bonds. The first-order valence-corrected chi connectivity index (χ1v) is 5.95. The van der Waals surface area contributed by atoms with Gasteiger partial charge in [-0.15, -0.1) is 0 Å². The van der Waals surface area contributed by atoms with Gasteiger partial charge in [0, 0.05) is 18.1 Å². The van der Waals surface area contributed by atoms with Gasteiger partial charge in [-0.25, -0.2) is 9.97 Å². The zero-order chi connectivity index (χ0) is 14.8. The molecule has 0 saturated carbocycles. The van der Waals surface area contributed by atoms with Crippen molar-refractivity contribution in [1.29, 1.82) is 0 Å². The van der Waals surface area contributed by atoms with E-state index in [4.69, 9.17) is 0 Å². The van der Waals surface area contributed by atoms with Crippen LogP contribution in [0, 0.1) is 6.92 Å². The van der Waals surface area contributed by atoms with Crippen molar-refractivity contribution in [2.45, 2.75) is 26.1 Å². The molecular formula is C13H13F3N4. The quantitative estimate of drug-likeness (QED) is 0.937. The van der Waals surface area contributed by atoms with Crippen molar-refractivity contribution in [1.82, 2.24) is 15.0 Å². The molecule has 1 N–H and O–H groups in total. The number of alkyl halides is 3. The number of pyridine rings is 1. The van der Waals surface area contributed by atoms with Gasteiger partial charge in [-0.05, 0) is 37.6 Å². The van der Waals surface area contributed by atoms with Crippen molar-refractivity contribution in [2.24, 2.45) is 0 Å². The minimum Gasteiger partial charge on any atom is -0.348 e. The molecule has 0 spiro atoms. The summed E-state index contributed by atoms with van der Waals surface area (Å²) in [6, 6.07) is 4.25. The van der Waals surface area contributed by atoms with Gasteiger partial charge in [-0.2, -0.15) is 13.2 Å². The maximum absolute atomic E-state index is 12.7. The third-order valence-corrected chi connectivity index (χ3v) is 2.70. The van der Waals surface area contributed by atoms with Gasteiger partial charge in [-0.3, -0.25) is 4.98 Å². The zero-order valence-electron chi connectivity index (χ0n) is 10.9. The topological polar surface area (TPSA) is 50.7 Å².